The molecule has 1 amide bonds. The van der Waals surface area contributed by atoms with Crippen molar-refractivity contribution in [1.82, 2.24) is 5.32 Å². The lowest BCUT2D eigenvalue weighted by atomic mass is 10.0. The number of hydrogen-bond donors (Lipinski definition) is 2. The summed E-state index contributed by atoms with van der Waals surface area (Å²) in [5, 5.41) is 6.15. The molecule has 2 N–H and O–H groups in total. The van der Waals surface area contributed by atoms with Crippen LogP contribution >= 0.6 is 15.9 Å². The minimum Gasteiger partial charge on any atom is -0.325 e. The van der Waals surface area contributed by atoms with Crippen LogP contribution in [-0.2, 0) is 4.79 Å². The van der Waals surface area contributed by atoms with Gasteiger partial charge >= 0.3 is 0 Å². The molecule has 0 saturated carbocycles. The van der Waals surface area contributed by atoms with Crippen molar-refractivity contribution in [2.24, 2.45) is 0 Å². The predicted octanol–water partition coefficient (Wildman–Crippen LogP) is 2.53. The number of benzene rings is 1. The van der Waals surface area contributed by atoms with Crippen molar-refractivity contribution in [3.8, 4) is 0 Å². The minimum absolute atomic E-state index is 0.0302. The lowest BCUT2D eigenvalue weighted by Crippen LogP contribution is -2.43. The average molecular weight is 283 g/mol. The first-order valence-corrected chi connectivity index (χ1v) is 6.35. The van der Waals surface area contributed by atoms with Gasteiger partial charge in [-0.05, 0) is 43.7 Å². The van der Waals surface area contributed by atoms with Crippen molar-refractivity contribution < 1.29 is 4.79 Å². The number of rotatable bonds is 2. The number of anilines is 1. The molecule has 4 heteroatoms. The fourth-order valence-electron chi connectivity index (χ4n) is 1.84. The molecule has 0 radical (unpaired) electrons. The molecule has 1 heterocycles. The molecular weight excluding hydrogens is 268 g/mol. The van der Waals surface area contributed by atoms with Crippen molar-refractivity contribution in [1.29, 1.82) is 0 Å². The molecule has 86 valence electrons. The summed E-state index contributed by atoms with van der Waals surface area (Å²) in [5.74, 6) is 0.0713. The third-order valence-electron chi connectivity index (χ3n) is 2.74. The summed E-state index contributed by atoms with van der Waals surface area (Å²) in [7, 11) is 0. The van der Waals surface area contributed by atoms with E-state index in [1.807, 2.05) is 24.3 Å². The Morgan fingerprint density at radius 3 is 2.69 bits per heavy atom. The van der Waals surface area contributed by atoms with Crippen molar-refractivity contribution in [3.05, 3.63) is 28.7 Å². The minimum atomic E-state index is -0.0302. The second-order valence-electron chi connectivity index (χ2n) is 4.00. The van der Waals surface area contributed by atoms with E-state index in [0.29, 0.717) is 0 Å². The van der Waals surface area contributed by atoms with E-state index in [0.717, 1.165) is 29.5 Å². The van der Waals surface area contributed by atoms with Gasteiger partial charge in [-0.2, -0.15) is 0 Å². The van der Waals surface area contributed by atoms with Gasteiger partial charge in [0.15, 0.2) is 0 Å². The van der Waals surface area contributed by atoms with E-state index in [9.17, 15) is 4.79 Å². The summed E-state index contributed by atoms with van der Waals surface area (Å²) in [5.41, 5.74) is 0.848. The quantitative estimate of drug-likeness (QED) is 0.875. The highest BCUT2D eigenvalue weighted by atomic mass is 79.9. The van der Waals surface area contributed by atoms with E-state index in [4.69, 9.17) is 0 Å². The number of hydrogen-bond acceptors (Lipinski definition) is 2. The molecule has 1 aliphatic rings. The van der Waals surface area contributed by atoms with Gasteiger partial charge in [0.1, 0.15) is 0 Å². The Morgan fingerprint density at radius 1 is 1.31 bits per heavy atom. The van der Waals surface area contributed by atoms with Crippen molar-refractivity contribution >= 4 is 27.5 Å². The number of piperidine rings is 1. The first-order chi connectivity index (χ1) is 7.75. The van der Waals surface area contributed by atoms with Gasteiger partial charge < -0.3 is 10.6 Å². The smallest absolute Gasteiger partial charge is 0.241 e. The molecule has 2 rings (SSSR count). The summed E-state index contributed by atoms with van der Waals surface area (Å²) in [4.78, 5) is 11.9. The van der Waals surface area contributed by atoms with E-state index in [-0.39, 0.29) is 11.9 Å². The largest absolute Gasteiger partial charge is 0.325 e. The van der Waals surface area contributed by atoms with Crippen LogP contribution in [0.2, 0.25) is 0 Å². The number of halogens is 1. The summed E-state index contributed by atoms with van der Waals surface area (Å²) < 4.78 is 1.02. The fraction of sp³-hybridized carbons (Fsp3) is 0.417. The van der Waals surface area contributed by atoms with E-state index < -0.39 is 0 Å². The SMILES string of the molecule is O=C(Nc1ccc(Br)cc1)C1CCCCN1. The average Bonchev–Trinajstić information content (AvgIpc) is 2.33. The zero-order chi connectivity index (χ0) is 11.4. The van der Waals surface area contributed by atoms with E-state index >= 15 is 0 Å². The number of carbonyl (C=O) groups is 1. The van der Waals surface area contributed by atoms with Gasteiger partial charge in [0.2, 0.25) is 5.91 Å². The standard InChI is InChI=1S/C12H15BrN2O/c13-9-4-6-10(7-5-9)15-12(16)11-3-1-2-8-14-11/h4-7,11,14H,1-3,8H2,(H,15,16). The van der Waals surface area contributed by atoms with Crippen LogP contribution in [0.5, 0.6) is 0 Å². The molecule has 0 bridgehead atoms. The molecule has 1 aliphatic heterocycles. The van der Waals surface area contributed by atoms with Crippen molar-refractivity contribution in [2.75, 3.05) is 11.9 Å². The van der Waals surface area contributed by atoms with Gasteiger partial charge in [-0.3, -0.25) is 4.79 Å². The molecule has 1 fully saturated rings. The Morgan fingerprint density at radius 2 is 2.06 bits per heavy atom. The molecule has 1 unspecified atom stereocenters. The first kappa shape index (κ1) is 11.6. The maximum absolute atomic E-state index is 11.9. The van der Waals surface area contributed by atoms with Crippen LogP contribution in [0.1, 0.15) is 19.3 Å². The van der Waals surface area contributed by atoms with Gasteiger partial charge in [-0.15, -0.1) is 0 Å². The zero-order valence-corrected chi connectivity index (χ0v) is 10.6. The van der Waals surface area contributed by atoms with Gasteiger partial charge in [0, 0.05) is 10.2 Å². The summed E-state index contributed by atoms with van der Waals surface area (Å²) in [6, 6.07) is 7.60. The third-order valence-corrected chi connectivity index (χ3v) is 3.27. The van der Waals surface area contributed by atoms with E-state index in [1.165, 1.54) is 6.42 Å². The normalized spacial score (nSPS) is 20.4. The molecule has 0 aromatic heterocycles. The summed E-state index contributed by atoms with van der Waals surface area (Å²) in [6.07, 6.45) is 3.23. The van der Waals surface area contributed by atoms with Crippen LogP contribution in [-0.4, -0.2) is 18.5 Å². The molecule has 16 heavy (non-hydrogen) atoms. The van der Waals surface area contributed by atoms with Crippen LogP contribution in [0.3, 0.4) is 0 Å². The molecule has 0 spiro atoms. The van der Waals surface area contributed by atoms with Crippen LogP contribution in [0, 0.1) is 0 Å². The van der Waals surface area contributed by atoms with E-state index in [1.54, 1.807) is 0 Å². The lowest BCUT2D eigenvalue weighted by Gasteiger charge is -2.22. The number of carbonyl (C=O) groups excluding carboxylic acids is 1. The van der Waals surface area contributed by atoms with Crippen molar-refractivity contribution in [3.63, 3.8) is 0 Å². The second-order valence-corrected chi connectivity index (χ2v) is 4.91. The third kappa shape index (κ3) is 3.06. The molecule has 1 atom stereocenters. The molecular formula is C12H15BrN2O. The molecule has 1 aromatic carbocycles. The molecule has 1 saturated heterocycles. The van der Waals surface area contributed by atoms with Crippen LogP contribution in [0.15, 0.2) is 28.7 Å². The Balaban J connectivity index is 1.93. The summed E-state index contributed by atoms with van der Waals surface area (Å²) in [6.45, 7) is 0.943. The van der Waals surface area contributed by atoms with Gasteiger partial charge in [-0.25, -0.2) is 0 Å². The van der Waals surface area contributed by atoms with Gasteiger partial charge in [0.05, 0.1) is 6.04 Å². The van der Waals surface area contributed by atoms with Crippen LogP contribution in [0.25, 0.3) is 0 Å². The highest BCUT2D eigenvalue weighted by Crippen LogP contribution is 2.15. The maximum Gasteiger partial charge on any atom is 0.241 e. The van der Waals surface area contributed by atoms with Gasteiger partial charge in [0.25, 0.3) is 0 Å². The van der Waals surface area contributed by atoms with Crippen LogP contribution < -0.4 is 10.6 Å². The maximum atomic E-state index is 11.9. The summed E-state index contributed by atoms with van der Waals surface area (Å²) >= 11 is 3.36. The Labute approximate surface area is 104 Å². The molecule has 0 aliphatic carbocycles. The second kappa shape index (κ2) is 5.46. The van der Waals surface area contributed by atoms with Gasteiger partial charge in [-0.1, -0.05) is 22.4 Å². The molecule has 1 aromatic rings. The Bertz CT molecular complexity index is 358. The highest BCUT2D eigenvalue weighted by molar-refractivity contribution is 9.10. The highest BCUT2D eigenvalue weighted by Gasteiger charge is 2.20. The van der Waals surface area contributed by atoms with Crippen molar-refractivity contribution in [2.45, 2.75) is 25.3 Å². The fourth-order valence-corrected chi connectivity index (χ4v) is 2.10. The number of nitrogens with one attached hydrogen (secondary N) is 2. The molecule has 3 nitrogen and oxygen atoms in total. The predicted molar refractivity (Wildman–Crippen MR) is 68.4 cm³/mol. The number of amides is 1. The van der Waals surface area contributed by atoms with Crippen LogP contribution in [0.4, 0.5) is 5.69 Å². The lowest BCUT2D eigenvalue weighted by molar-refractivity contribution is -0.118. The first-order valence-electron chi connectivity index (χ1n) is 5.55. The van der Waals surface area contributed by atoms with E-state index in [2.05, 4.69) is 26.6 Å². The Hall–Kier alpha value is -0.870. The zero-order valence-electron chi connectivity index (χ0n) is 9.00. The Kier molecular flexibility index (Phi) is 3.96. The topological polar surface area (TPSA) is 41.1 Å². The monoisotopic (exact) mass is 282 g/mol.